The van der Waals surface area contributed by atoms with Crippen molar-refractivity contribution in [2.75, 3.05) is 18.9 Å². The molecule has 14 nitrogen and oxygen atoms in total. The lowest BCUT2D eigenvalue weighted by Gasteiger charge is -2.65. The minimum Gasteiger partial charge on any atom is -0.748 e. The third-order valence-corrected chi connectivity index (χ3v) is 19.5. The first-order valence-electron chi connectivity index (χ1n) is 23.7. The number of sulfonamides is 1. The minimum absolute atomic E-state index is 0.00204. The van der Waals surface area contributed by atoms with Crippen molar-refractivity contribution in [3.8, 4) is 0 Å². The van der Waals surface area contributed by atoms with Crippen molar-refractivity contribution in [3.63, 3.8) is 0 Å². The summed E-state index contributed by atoms with van der Waals surface area (Å²) in [4.78, 5) is 40.8. The number of aliphatic hydroxyl groups excluding tert-OH is 1. The van der Waals surface area contributed by atoms with E-state index in [0.29, 0.717) is 41.1 Å². The molecule has 0 spiro atoms. The molecule has 4 aliphatic carbocycles. The molecule has 4 saturated carbocycles. The highest BCUT2D eigenvalue weighted by Gasteiger charge is 2.70. The van der Waals surface area contributed by atoms with Gasteiger partial charge >= 0.3 is 5.97 Å². The van der Waals surface area contributed by atoms with Gasteiger partial charge in [0.25, 0.3) is 15.9 Å². The number of carbonyl (C=O) groups is 3. The summed E-state index contributed by atoms with van der Waals surface area (Å²) in [6.07, 6.45) is 6.64. The van der Waals surface area contributed by atoms with Crippen molar-refractivity contribution < 1.29 is 55.3 Å². The van der Waals surface area contributed by atoms with Crippen molar-refractivity contribution >= 4 is 59.7 Å². The van der Waals surface area contributed by atoms with E-state index in [1.807, 2.05) is 18.4 Å². The van der Waals surface area contributed by atoms with Crippen molar-refractivity contribution in [1.29, 1.82) is 0 Å². The van der Waals surface area contributed by atoms with Gasteiger partial charge in [0.1, 0.15) is 6.61 Å². The van der Waals surface area contributed by atoms with Gasteiger partial charge in [-0.15, -0.1) is 0 Å². The Morgan fingerprint density at radius 1 is 0.881 bits per heavy atom. The molecular formula is C51H61N3O11S2. The number of carbonyl (C=O) groups excluding carboxylic acids is 3. The highest BCUT2D eigenvalue weighted by atomic mass is 32.2. The number of benzene rings is 3. The Balaban J connectivity index is 0.913. The molecule has 2 amide bonds. The Kier molecular flexibility index (Phi) is 12.5. The summed E-state index contributed by atoms with van der Waals surface area (Å²) in [7, 11) is -8.91. The number of para-hydroxylation sites is 2. The molecule has 358 valence electrons. The van der Waals surface area contributed by atoms with Crippen molar-refractivity contribution in [1.82, 2.24) is 9.62 Å². The van der Waals surface area contributed by atoms with Gasteiger partial charge in [-0.05, 0) is 124 Å². The maximum Gasteiger partial charge on any atom is 0.331 e. The SMILES string of the molecule is Cc1ccc(S(=O)(=O)N(CCCC(=O)N[C@H]2CC[C@@]3(C)[C@H](CC[C@@H]4[C@@H]3C[C@@H](O)[C@]3(C)[C@@H](C5=CC(=O)OC5)CC[C@]43O)C2)C(=O)c2c3ccccc3[n+](CCCS(=O)(=O)[O-])c3ccccc23)cc1. The van der Waals surface area contributed by atoms with Crippen molar-refractivity contribution in [2.45, 2.75) is 121 Å². The van der Waals surface area contributed by atoms with Crippen LogP contribution in [0.15, 0.2) is 89.3 Å². The fourth-order valence-corrected chi connectivity index (χ4v) is 15.4. The second kappa shape index (κ2) is 17.7. The van der Waals surface area contributed by atoms with Gasteiger partial charge in [0, 0.05) is 54.8 Å². The molecule has 1 aromatic heterocycles. The van der Waals surface area contributed by atoms with Crippen LogP contribution in [0.5, 0.6) is 0 Å². The third kappa shape index (κ3) is 8.27. The van der Waals surface area contributed by atoms with Gasteiger partial charge in [0.05, 0.1) is 43.1 Å². The molecule has 1 aliphatic heterocycles. The Labute approximate surface area is 392 Å². The van der Waals surface area contributed by atoms with Crippen molar-refractivity contribution in [3.05, 3.63) is 95.6 Å². The predicted molar refractivity (Wildman–Crippen MR) is 249 cm³/mol. The molecule has 0 bridgehead atoms. The molecule has 5 aliphatic rings. The van der Waals surface area contributed by atoms with E-state index in [-0.39, 0.29) is 96.4 Å². The summed E-state index contributed by atoms with van der Waals surface area (Å²) in [5.74, 6) is -1.72. The number of ether oxygens (including phenoxy) is 1. The smallest absolute Gasteiger partial charge is 0.331 e. The summed E-state index contributed by atoms with van der Waals surface area (Å²) in [6, 6.07) is 20.1. The lowest BCUT2D eigenvalue weighted by Crippen LogP contribution is -2.67. The number of fused-ring (bicyclic) bond motifs is 7. The Morgan fingerprint density at radius 2 is 1.55 bits per heavy atom. The molecule has 4 fully saturated rings. The molecule has 0 saturated heterocycles. The maximum absolute atomic E-state index is 15.0. The van der Waals surface area contributed by atoms with Gasteiger partial charge < -0.3 is 24.8 Å². The van der Waals surface area contributed by atoms with Crippen LogP contribution in [0, 0.1) is 41.4 Å². The number of rotatable bonds is 13. The Bertz CT molecular complexity index is 2830. The molecule has 9 atom stereocenters. The van der Waals surface area contributed by atoms with E-state index in [0.717, 1.165) is 47.5 Å². The average Bonchev–Trinajstić information content (AvgIpc) is 3.84. The molecular weight excluding hydrogens is 895 g/mol. The predicted octanol–water partition coefficient (Wildman–Crippen LogP) is 5.85. The van der Waals surface area contributed by atoms with E-state index in [2.05, 4.69) is 12.2 Å². The fraction of sp³-hybridized carbons (Fsp3) is 0.529. The van der Waals surface area contributed by atoms with Crippen LogP contribution in [0.3, 0.4) is 0 Å². The number of esters is 1. The van der Waals surface area contributed by atoms with Gasteiger partial charge in [-0.3, -0.25) is 9.59 Å². The number of hydrogen-bond acceptors (Lipinski definition) is 11. The minimum atomic E-state index is -4.47. The standard InChI is InChI=1S/C51H61N3O11S2/c1-32-15-18-36(19-16-32)67(63,64)54(48(58)47-37-10-4-6-12-42(37)53(25-9-27-66(60,61)62)43-13-7-5-11-38(43)47)26-8-14-45(56)52-35-21-23-49(2)34(29-35)17-20-40-41(49)30-44(55)50(3)39(22-24-51(40,50)59)33-28-46(57)65-31-33/h4-7,10-13,15-16,18-19,28,34-35,39-41,44,55,59H,8-9,14,17,20-27,29-31H2,1-3H3,(H-,52,56,60,61,62)/t34-,35+,39-,40-,41+,44-,49+,50+,51+/m1/s1. The Hall–Kier alpha value is -4.74. The average molecular weight is 956 g/mol. The zero-order chi connectivity index (χ0) is 47.7. The topological polar surface area (TPSA) is 211 Å². The first kappa shape index (κ1) is 47.3. The number of pyridine rings is 1. The van der Waals surface area contributed by atoms with Gasteiger partial charge in [0.2, 0.25) is 16.9 Å². The van der Waals surface area contributed by atoms with Gasteiger partial charge in [-0.1, -0.05) is 55.8 Å². The normalized spacial score (nSPS) is 30.5. The van der Waals surface area contributed by atoms with E-state index < -0.39 is 48.9 Å². The molecule has 4 aromatic rings. The van der Waals surface area contributed by atoms with E-state index in [9.17, 15) is 41.2 Å². The molecule has 3 aromatic carbocycles. The molecule has 0 radical (unpaired) electrons. The number of nitrogens with zero attached hydrogens (tertiary/aromatic N) is 2. The molecule has 16 heteroatoms. The maximum atomic E-state index is 15.0. The third-order valence-electron chi connectivity index (χ3n) is 17.0. The van der Waals surface area contributed by atoms with E-state index in [4.69, 9.17) is 4.74 Å². The van der Waals surface area contributed by atoms with Crippen LogP contribution in [0.2, 0.25) is 0 Å². The Morgan fingerprint density at radius 3 is 2.19 bits per heavy atom. The number of aryl methyl sites for hydroxylation is 2. The summed E-state index contributed by atoms with van der Waals surface area (Å²) in [5.41, 5.74) is 0.944. The number of hydrogen-bond donors (Lipinski definition) is 3. The summed E-state index contributed by atoms with van der Waals surface area (Å²) in [5, 5.41) is 28.7. The number of nitrogens with one attached hydrogen (secondary N) is 1. The zero-order valence-corrected chi connectivity index (χ0v) is 40.0. The monoisotopic (exact) mass is 955 g/mol. The van der Waals surface area contributed by atoms with E-state index >= 15 is 4.79 Å². The number of amides is 2. The van der Waals surface area contributed by atoms with Crippen LogP contribution >= 0.6 is 0 Å². The molecule has 67 heavy (non-hydrogen) atoms. The van der Waals surface area contributed by atoms with Crippen molar-refractivity contribution in [2.24, 2.45) is 34.5 Å². The molecule has 2 heterocycles. The number of aromatic nitrogens is 1. The van der Waals surface area contributed by atoms with Gasteiger partial charge in [0.15, 0.2) is 6.54 Å². The largest absolute Gasteiger partial charge is 0.748 e. The molecule has 0 unspecified atom stereocenters. The van der Waals surface area contributed by atoms with Crippen LogP contribution < -0.4 is 9.88 Å². The molecule has 9 rings (SSSR count). The summed E-state index contributed by atoms with van der Waals surface area (Å²) < 4.78 is 71.6. The lowest BCUT2D eigenvalue weighted by atomic mass is 9.42. The summed E-state index contributed by atoms with van der Waals surface area (Å²) in [6.45, 7) is 6.22. The van der Waals surface area contributed by atoms with Gasteiger partial charge in [-0.25, -0.2) is 25.9 Å². The van der Waals surface area contributed by atoms with Crippen LogP contribution in [-0.4, -0.2) is 90.3 Å². The first-order chi connectivity index (χ1) is 31.8. The van der Waals surface area contributed by atoms with E-state index in [1.54, 1.807) is 66.7 Å². The summed E-state index contributed by atoms with van der Waals surface area (Å²) >= 11 is 0. The number of aliphatic hydroxyl groups is 2. The second-order valence-corrected chi connectivity index (χ2v) is 23.8. The van der Waals surface area contributed by atoms with Crippen LogP contribution in [0.25, 0.3) is 21.8 Å². The van der Waals surface area contributed by atoms with E-state index in [1.165, 1.54) is 12.1 Å². The van der Waals surface area contributed by atoms with Crippen LogP contribution in [0.4, 0.5) is 0 Å². The fourth-order valence-electron chi connectivity index (χ4n) is 13.5. The first-order valence-corrected chi connectivity index (χ1v) is 26.8. The highest BCUT2D eigenvalue weighted by Crippen LogP contribution is 2.70. The quantitative estimate of drug-likeness (QED) is 0.0627. The molecule has 3 N–H and O–H groups in total. The van der Waals surface area contributed by atoms with Crippen LogP contribution in [0.1, 0.15) is 100 Å². The lowest BCUT2D eigenvalue weighted by molar-refractivity contribution is -0.645. The number of cyclic esters (lactones) is 1. The van der Waals surface area contributed by atoms with Crippen LogP contribution in [-0.2, 0) is 41.0 Å². The highest BCUT2D eigenvalue weighted by molar-refractivity contribution is 7.89. The van der Waals surface area contributed by atoms with Gasteiger partial charge in [-0.2, -0.15) is 4.57 Å². The zero-order valence-electron chi connectivity index (χ0n) is 38.4. The second-order valence-electron chi connectivity index (χ2n) is 20.4.